The molecule has 3 N–H and O–H groups in total. The summed E-state index contributed by atoms with van der Waals surface area (Å²) in [5.74, 6) is -1.75. The van der Waals surface area contributed by atoms with Gasteiger partial charge < -0.3 is 25.0 Å². The van der Waals surface area contributed by atoms with E-state index >= 15 is 0 Å². The Morgan fingerprint density at radius 3 is 2.40 bits per heavy atom. The minimum absolute atomic E-state index is 0.0106. The normalized spacial score (nSPS) is 12.2. The van der Waals surface area contributed by atoms with Crippen molar-refractivity contribution in [1.29, 1.82) is 0 Å². The van der Waals surface area contributed by atoms with Crippen LogP contribution in [0, 0.1) is 0 Å². The van der Waals surface area contributed by atoms with Gasteiger partial charge in [0, 0.05) is 12.5 Å². The molecule has 40 heavy (non-hydrogen) atoms. The molecule has 8 nitrogen and oxygen atoms in total. The number of ether oxygens (including phenoxy) is 2. The molecule has 0 saturated heterocycles. The number of nitrogens with zero attached hydrogens (tertiary/aromatic N) is 1. The number of nitrogens with one attached hydrogen (secondary N) is 1. The van der Waals surface area contributed by atoms with Crippen LogP contribution >= 0.6 is 0 Å². The number of pyridine rings is 1. The molecular formula is C29H25F3N2O6. The van der Waals surface area contributed by atoms with E-state index < -0.39 is 29.7 Å². The standard InChI is InChI=1S/C29H25F3N2O6/c1-39-16-20(11-17-5-8-21(35)9-6-17)33-27(36)26-14-24(28(37)38)23-12-18(7-10-25(23)34-26)15-40-22-4-2-3-19(13-22)29(30,31)32/h2-10,12-14,20,35H,11,15-16H2,1H3,(H,33,36)(H,37,38)/t20-/m0/s1. The zero-order valence-electron chi connectivity index (χ0n) is 21.2. The fraction of sp³-hybridized carbons (Fsp3) is 0.207. The number of benzene rings is 3. The van der Waals surface area contributed by atoms with Gasteiger partial charge in [-0.15, -0.1) is 0 Å². The van der Waals surface area contributed by atoms with Crippen LogP contribution in [0.1, 0.15) is 37.5 Å². The molecule has 4 rings (SSSR count). The predicted octanol–water partition coefficient (Wildman–Crippen LogP) is 5.22. The van der Waals surface area contributed by atoms with Gasteiger partial charge in [-0.05, 0) is 66.1 Å². The van der Waals surface area contributed by atoms with Gasteiger partial charge in [-0.1, -0.05) is 24.3 Å². The molecule has 0 fully saturated rings. The number of aromatic hydroxyl groups is 1. The number of hydrogen-bond donors (Lipinski definition) is 3. The van der Waals surface area contributed by atoms with Crippen LogP contribution in [0.5, 0.6) is 11.5 Å². The van der Waals surface area contributed by atoms with E-state index in [4.69, 9.17) is 9.47 Å². The number of amides is 1. The molecule has 3 aromatic carbocycles. The highest BCUT2D eigenvalue weighted by molar-refractivity contribution is 6.06. The molecule has 0 spiro atoms. The number of carbonyl (C=O) groups is 2. The summed E-state index contributed by atoms with van der Waals surface area (Å²) in [6.45, 7) is 0.0652. The van der Waals surface area contributed by atoms with E-state index in [2.05, 4.69) is 10.3 Å². The number of halogens is 3. The zero-order chi connectivity index (χ0) is 28.9. The Kier molecular flexibility index (Phi) is 8.54. The molecular weight excluding hydrogens is 529 g/mol. The number of methoxy groups -OCH3 is 1. The number of phenols is 1. The first-order chi connectivity index (χ1) is 19.0. The number of carboxylic acid groups (broad SMARTS) is 1. The van der Waals surface area contributed by atoms with E-state index in [-0.39, 0.29) is 46.9 Å². The van der Waals surface area contributed by atoms with Crippen molar-refractivity contribution in [3.05, 3.63) is 101 Å². The lowest BCUT2D eigenvalue weighted by Crippen LogP contribution is -2.40. The molecule has 1 atom stereocenters. The first kappa shape index (κ1) is 28.4. The second-order valence-corrected chi connectivity index (χ2v) is 9.02. The maximum Gasteiger partial charge on any atom is 0.416 e. The van der Waals surface area contributed by atoms with E-state index in [0.717, 1.165) is 17.7 Å². The van der Waals surface area contributed by atoms with Crippen molar-refractivity contribution in [3.63, 3.8) is 0 Å². The lowest BCUT2D eigenvalue weighted by atomic mass is 10.0. The van der Waals surface area contributed by atoms with Gasteiger partial charge in [0.05, 0.1) is 29.3 Å². The largest absolute Gasteiger partial charge is 0.508 e. The second kappa shape index (κ2) is 12.0. The molecule has 1 heterocycles. The van der Waals surface area contributed by atoms with E-state index in [1.54, 1.807) is 18.2 Å². The molecule has 1 aromatic heterocycles. The Morgan fingerprint density at radius 2 is 1.73 bits per heavy atom. The molecule has 1 amide bonds. The van der Waals surface area contributed by atoms with Gasteiger partial charge in [-0.25, -0.2) is 9.78 Å². The van der Waals surface area contributed by atoms with Crippen LogP contribution in [0.4, 0.5) is 13.2 Å². The number of fused-ring (bicyclic) bond motifs is 1. The maximum absolute atomic E-state index is 13.1. The first-order valence-corrected chi connectivity index (χ1v) is 12.1. The van der Waals surface area contributed by atoms with E-state index in [9.17, 15) is 33.0 Å². The fourth-order valence-corrected chi connectivity index (χ4v) is 4.11. The minimum Gasteiger partial charge on any atom is -0.508 e. The van der Waals surface area contributed by atoms with Crippen molar-refractivity contribution in [3.8, 4) is 11.5 Å². The average Bonchev–Trinajstić information content (AvgIpc) is 2.92. The average molecular weight is 555 g/mol. The quantitative estimate of drug-likeness (QED) is 0.246. The van der Waals surface area contributed by atoms with Gasteiger partial charge in [0.15, 0.2) is 0 Å². The molecule has 4 aromatic rings. The summed E-state index contributed by atoms with van der Waals surface area (Å²) in [5, 5.41) is 22.4. The van der Waals surface area contributed by atoms with Gasteiger partial charge in [0.1, 0.15) is 23.8 Å². The number of aromatic nitrogens is 1. The third-order valence-electron chi connectivity index (χ3n) is 6.02. The summed E-state index contributed by atoms with van der Waals surface area (Å²) < 4.78 is 49.6. The molecule has 0 radical (unpaired) electrons. The van der Waals surface area contributed by atoms with Crippen LogP contribution in [-0.2, 0) is 23.9 Å². The number of alkyl halides is 3. The summed E-state index contributed by atoms with van der Waals surface area (Å²) in [4.78, 5) is 29.5. The van der Waals surface area contributed by atoms with Gasteiger partial charge in [0.2, 0.25) is 0 Å². The molecule has 0 unspecified atom stereocenters. The van der Waals surface area contributed by atoms with Gasteiger partial charge >= 0.3 is 12.1 Å². The lowest BCUT2D eigenvalue weighted by Gasteiger charge is -2.18. The minimum atomic E-state index is -4.51. The maximum atomic E-state index is 13.1. The smallest absolute Gasteiger partial charge is 0.416 e. The molecule has 0 bridgehead atoms. The Morgan fingerprint density at radius 1 is 1.00 bits per heavy atom. The molecule has 0 aliphatic carbocycles. The number of rotatable bonds is 10. The predicted molar refractivity (Wildman–Crippen MR) is 139 cm³/mol. The van der Waals surface area contributed by atoms with Gasteiger partial charge in [-0.2, -0.15) is 13.2 Å². The summed E-state index contributed by atoms with van der Waals surface area (Å²) in [7, 11) is 1.49. The third-order valence-corrected chi connectivity index (χ3v) is 6.02. The van der Waals surface area contributed by atoms with Crippen LogP contribution in [-0.4, -0.2) is 46.8 Å². The lowest BCUT2D eigenvalue weighted by molar-refractivity contribution is -0.137. The monoisotopic (exact) mass is 554 g/mol. The first-order valence-electron chi connectivity index (χ1n) is 12.1. The van der Waals surface area contributed by atoms with Crippen molar-refractivity contribution in [1.82, 2.24) is 10.3 Å². The summed E-state index contributed by atoms with van der Waals surface area (Å²) >= 11 is 0. The molecule has 0 saturated carbocycles. The molecule has 208 valence electrons. The number of phenolic OH excluding ortho intramolecular Hbond substituents is 1. The van der Waals surface area contributed by atoms with E-state index in [1.165, 1.54) is 49.6 Å². The summed E-state index contributed by atoms with van der Waals surface area (Å²) in [6.07, 6.45) is -4.11. The van der Waals surface area contributed by atoms with Gasteiger partial charge in [-0.3, -0.25) is 4.79 Å². The highest BCUT2D eigenvalue weighted by Gasteiger charge is 2.30. The number of aromatic carboxylic acids is 1. The van der Waals surface area contributed by atoms with Crippen molar-refractivity contribution in [2.45, 2.75) is 25.2 Å². The molecule has 0 aliphatic heterocycles. The van der Waals surface area contributed by atoms with Crippen molar-refractivity contribution in [2.24, 2.45) is 0 Å². The SMILES string of the molecule is COC[C@H](Cc1ccc(O)cc1)NC(=O)c1cc(C(=O)O)c2cc(COc3cccc(C(F)(F)F)c3)ccc2n1. The Hall–Kier alpha value is -4.64. The third kappa shape index (κ3) is 7.06. The highest BCUT2D eigenvalue weighted by Crippen LogP contribution is 2.31. The Labute approximate surface area is 227 Å². The topological polar surface area (TPSA) is 118 Å². The molecule has 11 heteroatoms. The molecule has 0 aliphatic rings. The van der Waals surface area contributed by atoms with E-state index in [0.29, 0.717) is 12.0 Å². The second-order valence-electron chi connectivity index (χ2n) is 9.02. The van der Waals surface area contributed by atoms with Crippen LogP contribution < -0.4 is 10.1 Å². The number of hydrogen-bond acceptors (Lipinski definition) is 6. The van der Waals surface area contributed by atoms with Crippen molar-refractivity contribution in [2.75, 3.05) is 13.7 Å². The number of carboxylic acids is 1. The van der Waals surface area contributed by atoms with Crippen LogP contribution in [0.15, 0.2) is 72.8 Å². The fourth-order valence-electron chi connectivity index (χ4n) is 4.11. The Bertz CT molecular complexity index is 1520. The van der Waals surface area contributed by atoms with Crippen LogP contribution in [0.25, 0.3) is 10.9 Å². The number of carbonyl (C=O) groups excluding carboxylic acids is 1. The van der Waals surface area contributed by atoms with Crippen molar-refractivity contribution < 1.29 is 42.4 Å². The van der Waals surface area contributed by atoms with E-state index in [1.807, 2.05) is 0 Å². The summed E-state index contributed by atoms with van der Waals surface area (Å²) in [6, 6.07) is 16.3. The highest BCUT2D eigenvalue weighted by atomic mass is 19.4. The van der Waals surface area contributed by atoms with Crippen LogP contribution in [0.2, 0.25) is 0 Å². The van der Waals surface area contributed by atoms with Crippen LogP contribution in [0.3, 0.4) is 0 Å². The summed E-state index contributed by atoms with van der Waals surface area (Å²) in [5.41, 5.74) is 0.470. The zero-order valence-corrected chi connectivity index (χ0v) is 21.2. The Balaban J connectivity index is 1.54. The van der Waals surface area contributed by atoms with Gasteiger partial charge in [0.25, 0.3) is 5.91 Å². The van der Waals surface area contributed by atoms with Crippen molar-refractivity contribution >= 4 is 22.8 Å².